The summed E-state index contributed by atoms with van der Waals surface area (Å²) < 4.78 is 11.6. The molecule has 0 saturated heterocycles. The third-order valence-corrected chi connectivity index (χ3v) is 4.23. The van der Waals surface area contributed by atoms with E-state index < -0.39 is 0 Å². The smallest absolute Gasteiger partial charge is 0.161 e. The maximum absolute atomic E-state index is 5.83. The van der Waals surface area contributed by atoms with E-state index in [0.717, 1.165) is 31.1 Å². The Labute approximate surface area is 129 Å². The Hall–Kier alpha value is -1.22. The highest BCUT2D eigenvalue weighted by molar-refractivity contribution is 5.44. The zero-order chi connectivity index (χ0) is 15.1. The lowest BCUT2D eigenvalue weighted by Gasteiger charge is -2.27. The lowest BCUT2D eigenvalue weighted by atomic mass is 9.86. The maximum atomic E-state index is 5.83. The van der Waals surface area contributed by atoms with E-state index in [9.17, 15) is 0 Å². The van der Waals surface area contributed by atoms with Gasteiger partial charge in [0.25, 0.3) is 0 Å². The molecule has 3 heteroatoms. The number of rotatable bonds is 7. The van der Waals surface area contributed by atoms with E-state index in [2.05, 4.69) is 44.4 Å². The van der Waals surface area contributed by atoms with Crippen LogP contribution in [0.2, 0.25) is 0 Å². The summed E-state index contributed by atoms with van der Waals surface area (Å²) in [5.74, 6) is 2.46. The average molecular weight is 291 g/mol. The van der Waals surface area contributed by atoms with Gasteiger partial charge in [0.15, 0.2) is 11.5 Å². The Bertz CT molecular complexity index is 427. The first-order valence-corrected chi connectivity index (χ1v) is 8.37. The number of hydrogen-bond donors (Lipinski definition) is 1. The summed E-state index contributed by atoms with van der Waals surface area (Å²) in [6.45, 7) is 6.02. The molecular formula is C18H29NO2. The Morgan fingerprint density at radius 1 is 1.05 bits per heavy atom. The zero-order valence-electron chi connectivity index (χ0n) is 13.7. The second-order valence-electron chi connectivity index (χ2n) is 5.86. The number of fused-ring (bicyclic) bond motifs is 1. The number of ether oxygens (including phenoxy) is 2. The maximum Gasteiger partial charge on any atom is 0.161 e. The van der Waals surface area contributed by atoms with Crippen molar-refractivity contribution in [1.82, 2.24) is 5.32 Å². The minimum Gasteiger partial charge on any atom is -0.490 e. The minimum atomic E-state index is 0.391. The van der Waals surface area contributed by atoms with Crippen LogP contribution in [0.5, 0.6) is 11.5 Å². The molecule has 1 aliphatic rings. The van der Waals surface area contributed by atoms with Gasteiger partial charge in [-0.25, -0.2) is 0 Å². The van der Waals surface area contributed by atoms with Crippen molar-refractivity contribution in [2.24, 2.45) is 5.92 Å². The number of nitrogens with one attached hydrogen (secondary N) is 1. The minimum absolute atomic E-state index is 0.391. The largest absolute Gasteiger partial charge is 0.490 e. The summed E-state index contributed by atoms with van der Waals surface area (Å²) in [5.41, 5.74) is 1.31. The van der Waals surface area contributed by atoms with Crippen molar-refractivity contribution in [1.29, 1.82) is 0 Å². The van der Waals surface area contributed by atoms with E-state index in [1.807, 2.05) is 0 Å². The third-order valence-electron chi connectivity index (χ3n) is 4.23. The van der Waals surface area contributed by atoms with Gasteiger partial charge in [-0.05, 0) is 43.5 Å². The standard InChI is InChI=1S/C18H29NO2/c1-4-7-14(8-5-2)18(19-3)15-9-10-16-17(13-15)21-12-6-11-20-16/h9-10,13-14,18-19H,4-8,11-12H2,1-3H3. The van der Waals surface area contributed by atoms with Gasteiger partial charge in [0.1, 0.15) is 0 Å². The van der Waals surface area contributed by atoms with Gasteiger partial charge < -0.3 is 14.8 Å². The molecule has 1 aromatic carbocycles. The Balaban J connectivity index is 2.22. The van der Waals surface area contributed by atoms with Gasteiger partial charge in [-0.15, -0.1) is 0 Å². The monoisotopic (exact) mass is 291 g/mol. The van der Waals surface area contributed by atoms with E-state index in [1.165, 1.54) is 31.2 Å². The molecule has 1 atom stereocenters. The van der Waals surface area contributed by atoms with Crippen LogP contribution in [0.1, 0.15) is 57.6 Å². The average Bonchev–Trinajstić information content (AvgIpc) is 2.73. The van der Waals surface area contributed by atoms with Crippen molar-refractivity contribution < 1.29 is 9.47 Å². The summed E-state index contributed by atoms with van der Waals surface area (Å²) in [6.07, 6.45) is 5.93. The lowest BCUT2D eigenvalue weighted by Crippen LogP contribution is -2.25. The summed E-state index contributed by atoms with van der Waals surface area (Å²) in [6, 6.07) is 6.81. The molecule has 3 nitrogen and oxygen atoms in total. The van der Waals surface area contributed by atoms with E-state index in [1.54, 1.807) is 0 Å². The van der Waals surface area contributed by atoms with Crippen LogP contribution >= 0.6 is 0 Å². The van der Waals surface area contributed by atoms with Gasteiger partial charge in [0, 0.05) is 12.5 Å². The van der Waals surface area contributed by atoms with Gasteiger partial charge in [-0.1, -0.05) is 32.8 Å². The molecule has 2 rings (SSSR count). The fourth-order valence-corrected chi connectivity index (χ4v) is 3.27. The van der Waals surface area contributed by atoms with Crippen LogP contribution in [0.3, 0.4) is 0 Å². The molecule has 0 fully saturated rings. The lowest BCUT2D eigenvalue weighted by molar-refractivity contribution is 0.296. The van der Waals surface area contributed by atoms with Crippen molar-refractivity contribution >= 4 is 0 Å². The third kappa shape index (κ3) is 4.13. The topological polar surface area (TPSA) is 30.5 Å². The summed E-state index contributed by atoms with van der Waals surface area (Å²) in [5, 5.41) is 3.51. The molecule has 0 radical (unpaired) electrons. The van der Waals surface area contributed by atoms with Gasteiger partial charge in [-0.2, -0.15) is 0 Å². The van der Waals surface area contributed by atoms with Gasteiger partial charge in [0.05, 0.1) is 13.2 Å². The predicted molar refractivity (Wildman–Crippen MR) is 87.2 cm³/mol. The molecule has 118 valence electrons. The number of hydrogen-bond acceptors (Lipinski definition) is 3. The molecule has 1 aromatic rings. The van der Waals surface area contributed by atoms with E-state index in [4.69, 9.17) is 9.47 Å². The van der Waals surface area contributed by atoms with Crippen molar-refractivity contribution in [2.75, 3.05) is 20.3 Å². The molecule has 0 saturated carbocycles. The first kappa shape index (κ1) is 16.2. The normalized spacial score (nSPS) is 15.8. The summed E-state index contributed by atoms with van der Waals surface area (Å²) >= 11 is 0. The van der Waals surface area contributed by atoms with Crippen LogP contribution in [-0.4, -0.2) is 20.3 Å². The van der Waals surface area contributed by atoms with E-state index in [-0.39, 0.29) is 0 Å². The van der Waals surface area contributed by atoms with Crippen LogP contribution in [0, 0.1) is 5.92 Å². The van der Waals surface area contributed by atoms with Crippen molar-refractivity contribution in [3.63, 3.8) is 0 Å². The molecule has 0 aromatic heterocycles. The molecular weight excluding hydrogens is 262 g/mol. The second-order valence-corrected chi connectivity index (χ2v) is 5.86. The van der Waals surface area contributed by atoms with Crippen LogP contribution in [0.25, 0.3) is 0 Å². The SMILES string of the molecule is CCCC(CCC)C(NC)c1ccc2c(c1)OCCCO2. The highest BCUT2D eigenvalue weighted by Crippen LogP contribution is 2.36. The van der Waals surface area contributed by atoms with E-state index in [0.29, 0.717) is 12.0 Å². The summed E-state index contributed by atoms with van der Waals surface area (Å²) in [4.78, 5) is 0. The van der Waals surface area contributed by atoms with Crippen LogP contribution < -0.4 is 14.8 Å². The van der Waals surface area contributed by atoms with Gasteiger partial charge in [0.2, 0.25) is 0 Å². The van der Waals surface area contributed by atoms with E-state index >= 15 is 0 Å². The van der Waals surface area contributed by atoms with Gasteiger partial charge >= 0.3 is 0 Å². The highest BCUT2D eigenvalue weighted by Gasteiger charge is 2.22. The second kappa shape index (κ2) is 8.28. The molecule has 0 aliphatic carbocycles. The molecule has 21 heavy (non-hydrogen) atoms. The van der Waals surface area contributed by atoms with Crippen LogP contribution in [-0.2, 0) is 0 Å². The quantitative estimate of drug-likeness (QED) is 0.811. The fourth-order valence-electron chi connectivity index (χ4n) is 3.27. The highest BCUT2D eigenvalue weighted by atomic mass is 16.5. The van der Waals surface area contributed by atoms with Crippen molar-refractivity contribution in [3.8, 4) is 11.5 Å². The van der Waals surface area contributed by atoms with Crippen molar-refractivity contribution in [2.45, 2.75) is 52.0 Å². The molecule has 0 spiro atoms. The number of benzene rings is 1. The van der Waals surface area contributed by atoms with Gasteiger partial charge in [-0.3, -0.25) is 0 Å². The Kier molecular flexibility index (Phi) is 6.37. The molecule has 1 heterocycles. The Morgan fingerprint density at radius 2 is 1.71 bits per heavy atom. The molecule has 1 N–H and O–H groups in total. The first-order valence-electron chi connectivity index (χ1n) is 8.37. The summed E-state index contributed by atoms with van der Waals surface area (Å²) in [7, 11) is 2.06. The first-order chi connectivity index (χ1) is 10.3. The molecule has 1 aliphatic heterocycles. The molecule has 0 bridgehead atoms. The molecule has 1 unspecified atom stereocenters. The van der Waals surface area contributed by atoms with Crippen LogP contribution in [0.4, 0.5) is 0 Å². The van der Waals surface area contributed by atoms with Crippen molar-refractivity contribution in [3.05, 3.63) is 23.8 Å². The van der Waals surface area contributed by atoms with Crippen LogP contribution in [0.15, 0.2) is 18.2 Å². The zero-order valence-corrected chi connectivity index (χ0v) is 13.7. The molecule has 0 amide bonds. The fraction of sp³-hybridized carbons (Fsp3) is 0.667. The Morgan fingerprint density at radius 3 is 2.33 bits per heavy atom. The predicted octanol–water partition coefficient (Wildman–Crippen LogP) is 4.32.